The molecule has 7 nitrogen and oxygen atoms in total. The lowest BCUT2D eigenvalue weighted by Crippen LogP contribution is -2.30. The third-order valence-electron chi connectivity index (χ3n) is 5.65. The molecule has 0 radical (unpaired) electrons. The lowest BCUT2D eigenvalue weighted by Gasteiger charge is -2.22. The highest BCUT2D eigenvalue weighted by Gasteiger charge is 2.35. The number of anilines is 2. The summed E-state index contributed by atoms with van der Waals surface area (Å²) in [5.41, 5.74) is 2.30. The van der Waals surface area contributed by atoms with Crippen LogP contribution in [0.3, 0.4) is 0 Å². The number of nitrogens with zero attached hydrogens (tertiary/aromatic N) is 4. The molecule has 0 saturated heterocycles. The maximum atomic E-state index is 12.8. The minimum atomic E-state index is -0.343. The fourth-order valence-electron chi connectivity index (χ4n) is 3.94. The Morgan fingerprint density at radius 3 is 2.27 bits per heavy atom. The number of ether oxygens (including phenoxy) is 1. The van der Waals surface area contributed by atoms with Crippen molar-refractivity contribution in [2.24, 2.45) is 0 Å². The van der Waals surface area contributed by atoms with Gasteiger partial charge in [-0.2, -0.15) is 0 Å². The minimum absolute atomic E-state index is 0.0264. The summed E-state index contributed by atoms with van der Waals surface area (Å²) in [5.74, 6) is 0.888. The zero-order chi connectivity index (χ0) is 23.1. The van der Waals surface area contributed by atoms with Gasteiger partial charge in [-0.25, -0.2) is 9.97 Å². The number of carbonyl (C=O) groups excluding carboxylic acids is 2. The summed E-state index contributed by atoms with van der Waals surface area (Å²) >= 11 is 6.33. The van der Waals surface area contributed by atoms with E-state index in [-0.39, 0.29) is 18.4 Å². The van der Waals surface area contributed by atoms with E-state index in [4.69, 9.17) is 21.3 Å². The topological polar surface area (TPSA) is 75.6 Å². The van der Waals surface area contributed by atoms with Gasteiger partial charge in [-0.05, 0) is 42.5 Å². The normalized spacial score (nSPS) is 12.9. The molecule has 164 valence electrons. The van der Waals surface area contributed by atoms with E-state index in [1.807, 2.05) is 42.3 Å². The second kappa shape index (κ2) is 8.18. The zero-order valence-electron chi connectivity index (χ0n) is 17.9. The van der Waals surface area contributed by atoms with Gasteiger partial charge in [-0.3, -0.25) is 14.5 Å². The number of amides is 2. The first-order chi connectivity index (χ1) is 16.0. The van der Waals surface area contributed by atoms with Gasteiger partial charge in [0.2, 0.25) is 0 Å². The molecule has 1 aliphatic rings. The summed E-state index contributed by atoms with van der Waals surface area (Å²) in [7, 11) is 3.44. The van der Waals surface area contributed by atoms with E-state index < -0.39 is 0 Å². The van der Waals surface area contributed by atoms with Crippen molar-refractivity contribution in [3.63, 3.8) is 0 Å². The van der Waals surface area contributed by atoms with Crippen LogP contribution >= 0.6 is 11.6 Å². The molecule has 0 aliphatic carbocycles. The van der Waals surface area contributed by atoms with Gasteiger partial charge in [-0.15, -0.1) is 0 Å². The van der Waals surface area contributed by atoms with Crippen molar-refractivity contribution >= 4 is 45.8 Å². The molecule has 2 heterocycles. The molecule has 5 rings (SSSR count). The molecule has 0 bridgehead atoms. The largest absolute Gasteiger partial charge is 0.495 e. The highest BCUT2D eigenvalue weighted by Crippen LogP contribution is 2.34. The molecule has 4 aromatic rings. The molecule has 1 aliphatic heterocycles. The Balaban J connectivity index is 1.55. The Morgan fingerprint density at radius 1 is 0.939 bits per heavy atom. The number of rotatable bonds is 5. The van der Waals surface area contributed by atoms with Crippen molar-refractivity contribution in [1.29, 1.82) is 0 Å². The summed E-state index contributed by atoms with van der Waals surface area (Å²) in [6.07, 6.45) is 0. The molecule has 0 fully saturated rings. The van der Waals surface area contributed by atoms with Gasteiger partial charge < -0.3 is 9.64 Å². The zero-order valence-corrected chi connectivity index (χ0v) is 18.7. The van der Waals surface area contributed by atoms with Gasteiger partial charge in [-0.1, -0.05) is 35.9 Å². The standard InChI is InChI=1S/C25H19ClN4O3/c1-29(15-11-12-21(33-2)19(26)13-15)23-18-9-5-6-10-20(18)27-22(28-23)14-30-24(31)16-7-3-4-8-17(16)25(30)32/h3-13H,14H2,1-2H3. The Morgan fingerprint density at radius 2 is 1.61 bits per heavy atom. The van der Waals surface area contributed by atoms with E-state index >= 15 is 0 Å². The lowest BCUT2D eigenvalue weighted by molar-refractivity contribution is 0.0638. The second-order valence-electron chi connectivity index (χ2n) is 7.60. The van der Waals surface area contributed by atoms with Crippen LogP contribution in [0, 0.1) is 0 Å². The number of hydrogen-bond donors (Lipinski definition) is 0. The predicted molar refractivity (Wildman–Crippen MR) is 126 cm³/mol. The van der Waals surface area contributed by atoms with Gasteiger partial charge in [0.15, 0.2) is 5.82 Å². The predicted octanol–water partition coefficient (Wildman–Crippen LogP) is 4.86. The van der Waals surface area contributed by atoms with Gasteiger partial charge >= 0.3 is 0 Å². The number of para-hydroxylation sites is 1. The number of aromatic nitrogens is 2. The molecule has 3 aromatic carbocycles. The molecule has 0 atom stereocenters. The third kappa shape index (κ3) is 3.56. The summed E-state index contributed by atoms with van der Waals surface area (Å²) < 4.78 is 5.25. The number of methoxy groups -OCH3 is 1. The molecule has 0 unspecified atom stereocenters. The van der Waals surface area contributed by atoms with E-state index in [1.165, 1.54) is 4.90 Å². The highest BCUT2D eigenvalue weighted by molar-refractivity contribution is 6.32. The number of halogens is 1. The average molecular weight is 459 g/mol. The van der Waals surface area contributed by atoms with Gasteiger partial charge in [0.05, 0.1) is 35.3 Å². The molecule has 0 saturated carbocycles. The number of benzene rings is 3. The fraction of sp³-hybridized carbons (Fsp3) is 0.120. The maximum absolute atomic E-state index is 12.8. The quantitative estimate of drug-likeness (QED) is 0.398. The number of fused-ring (bicyclic) bond motifs is 2. The van der Waals surface area contributed by atoms with Crippen LogP contribution in [0.15, 0.2) is 66.7 Å². The van der Waals surface area contributed by atoms with Crippen molar-refractivity contribution in [3.8, 4) is 5.75 Å². The van der Waals surface area contributed by atoms with Crippen LogP contribution in [0.2, 0.25) is 5.02 Å². The fourth-order valence-corrected chi connectivity index (χ4v) is 4.20. The first-order valence-electron chi connectivity index (χ1n) is 10.3. The van der Waals surface area contributed by atoms with Gasteiger partial charge in [0, 0.05) is 18.1 Å². The van der Waals surface area contributed by atoms with E-state index in [2.05, 4.69) is 4.98 Å². The van der Waals surface area contributed by atoms with Crippen LogP contribution < -0.4 is 9.64 Å². The van der Waals surface area contributed by atoms with E-state index in [0.29, 0.717) is 39.1 Å². The SMILES string of the molecule is COc1ccc(N(C)c2nc(CN3C(=O)c4ccccc4C3=O)nc3ccccc23)cc1Cl. The van der Waals surface area contributed by atoms with Crippen molar-refractivity contribution in [2.75, 3.05) is 19.1 Å². The summed E-state index contributed by atoms with van der Waals surface area (Å²) in [6.45, 7) is -0.0264. The smallest absolute Gasteiger partial charge is 0.261 e. The highest BCUT2D eigenvalue weighted by atomic mass is 35.5. The molecule has 0 N–H and O–H groups in total. The first kappa shape index (κ1) is 20.9. The third-order valence-corrected chi connectivity index (χ3v) is 5.94. The van der Waals surface area contributed by atoms with Crippen LogP contribution in [0.25, 0.3) is 10.9 Å². The van der Waals surface area contributed by atoms with Crippen LogP contribution in [-0.2, 0) is 6.54 Å². The number of hydrogen-bond acceptors (Lipinski definition) is 6. The van der Waals surface area contributed by atoms with Crippen molar-refractivity contribution in [3.05, 3.63) is 88.7 Å². The van der Waals surface area contributed by atoms with Crippen LogP contribution in [0.5, 0.6) is 5.75 Å². The molecule has 2 amide bonds. The maximum Gasteiger partial charge on any atom is 0.261 e. The van der Waals surface area contributed by atoms with Crippen LogP contribution in [-0.4, -0.2) is 40.8 Å². The van der Waals surface area contributed by atoms with Crippen molar-refractivity contribution < 1.29 is 14.3 Å². The summed E-state index contributed by atoms with van der Waals surface area (Å²) in [4.78, 5) is 38.1. The first-order valence-corrected chi connectivity index (χ1v) is 10.6. The Hall–Kier alpha value is -3.97. The molecule has 33 heavy (non-hydrogen) atoms. The summed E-state index contributed by atoms with van der Waals surface area (Å²) in [5, 5.41) is 1.31. The van der Waals surface area contributed by atoms with Crippen molar-refractivity contribution in [2.45, 2.75) is 6.54 Å². The van der Waals surface area contributed by atoms with E-state index in [0.717, 1.165) is 11.1 Å². The summed E-state index contributed by atoms with van der Waals surface area (Å²) in [6, 6.07) is 19.9. The molecule has 0 spiro atoms. The number of carbonyl (C=O) groups is 2. The minimum Gasteiger partial charge on any atom is -0.495 e. The molecular formula is C25H19ClN4O3. The monoisotopic (exact) mass is 458 g/mol. The van der Waals surface area contributed by atoms with Crippen LogP contribution in [0.1, 0.15) is 26.5 Å². The van der Waals surface area contributed by atoms with Gasteiger partial charge in [0.1, 0.15) is 11.6 Å². The van der Waals surface area contributed by atoms with Crippen LogP contribution in [0.4, 0.5) is 11.5 Å². The Labute approximate surface area is 195 Å². The lowest BCUT2D eigenvalue weighted by atomic mass is 10.1. The van der Waals surface area contributed by atoms with Gasteiger partial charge in [0.25, 0.3) is 11.8 Å². The molecule has 1 aromatic heterocycles. The Bertz CT molecular complexity index is 1390. The Kier molecular flexibility index (Phi) is 5.18. The average Bonchev–Trinajstić information content (AvgIpc) is 3.08. The molecular weight excluding hydrogens is 440 g/mol. The molecule has 8 heteroatoms. The van der Waals surface area contributed by atoms with Crippen molar-refractivity contribution in [1.82, 2.24) is 14.9 Å². The van der Waals surface area contributed by atoms with E-state index in [9.17, 15) is 9.59 Å². The number of imide groups is 1. The second-order valence-corrected chi connectivity index (χ2v) is 8.01. The van der Waals surface area contributed by atoms with E-state index in [1.54, 1.807) is 43.5 Å².